The maximum atomic E-state index is 13.8. The van der Waals surface area contributed by atoms with Crippen molar-refractivity contribution in [1.82, 2.24) is 4.57 Å². The number of halogens is 1. The van der Waals surface area contributed by atoms with Gasteiger partial charge >= 0.3 is 5.97 Å². The van der Waals surface area contributed by atoms with Crippen molar-refractivity contribution in [2.75, 3.05) is 27.6 Å². The predicted molar refractivity (Wildman–Crippen MR) is 145 cm³/mol. The summed E-state index contributed by atoms with van der Waals surface area (Å²) < 4.78 is 30.1. The highest BCUT2D eigenvalue weighted by Crippen LogP contribution is 2.38. The molecule has 0 unspecified atom stereocenters. The van der Waals surface area contributed by atoms with Crippen LogP contribution in [0.3, 0.4) is 0 Å². The average Bonchev–Trinajstić information content (AvgIpc) is 3.46. The first-order valence-electron chi connectivity index (χ1n) is 11.4. The summed E-state index contributed by atoms with van der Waals surface area (Å²) in [5.41, 5.74) is 1.99. The average molecular weight is 634 g/mol. The molecule has 11 heteroatoms. The summed E-state index contributed by atoms with van der Waals surface area (Å²) in [6.45, 7) is 3.81. The van der Waals surface area contributed by atoms with Crippen LogP contribution in [0.5, 0.6) is 23.0 Å². The summed E-state index contributed by atoms with van der Waals surface area (Å²) in [6, 6.07) is 8.37. The summed E-state index contributed by atoms with van der Waals surface area (Å²) in [7, 11) is 3.15. The monoisotopic (exact) mass is 634 g/mol. The van der Waals surface area contributed by atoms with Gasteiger partial charge in [-0.25, -0.2) is 9.79 Å². The second kappa shape index (κ2) is 10.2. The molecule has 0 spiro atoms. The SMILES string of the molecule is CCOC(=O)C1=C(C)N=c2s/c(=C/c3cc(I)c(OC)c(OC)c3)c(=O)n2[C@@H]1c1ccc2c(c1)OCO2. The Bertz CT molecular complexity index is 1620. The number of hydrogen-bond acceptors (Lipinski definition) is 9. The van der Waals surface area contributed by atoms with Crippen molar-refractivity contribution in [3.8, 4) is 23.0 Å². The number of esters is 1. The van der Waals surface area contributed by atoms with Gasteiger partial charge in [-0.15, -0.1) is 0 Å². The second-order valence-electron chi connectivity index (χ2n) is 8.15. The Morgan fingerprint density at radius 1 is 1.22 bits per heavy atom. The van der Waals surface area contributed by atoms with E-state index in [2.05, 4.69) is 27.6 Å². The number of rotatable bonds is 6. The van der Waals surface area contributed by atoms with Crippen LogP contribution in [0.25, 0.3) is 6.08 Å². The molecule has 0 aliphatic carbocycles. The van der Waals surface area contributed by atoms with Gasteiger partial charge in [-0.1, -0.05) is 17.4 Å². The van der Waals surface area contributed by atoms with Gasteiger partial charge in [0.1, 0.15) is 0 Å². The number of methoxy groups -OCH3 is 2. The lowest BCUT2D eigenvalue weighted by Gasteiger charge is -2.24. The van der Waals surface area contributed by atoms with Crippen LogP contribution >= 0.6 is 33.9 Å². The molecule has 0 radical (unpaired) electrons. The fraction of sp³-hybridized carbons (Fsp3) is 0.269. The standard InChI is InChI=1S/C26H23IN2O7S/c1-5-34-25(31)21-13(2)28-26-29(22(21)15-6-7-17-18(11-15)36-12-35-17)24(30)20(37-26)10-14-8-16(27)23(33-4)19(9-14)32-3/h6-11,22H,5,12H2,1-4H3/b20-10+/t22-/m1/s1. The number of aromatic nitrogens is 1. The van der Waals surface area contributed by atoms with E-state index in [1.807, 2.05) is 18.2 Å². The third-order valence-corrected chi connectivity index (χ3v) is 7.77. The zero-order chi connectivity index (χ0) is 26.3. The smallest absolute Gasteiger partial charge is 0.338 e. The summed E-state index contributed by atoms with van der Waals surface area (Å²) in [5.74, 6) is 1.83. The van der Waals surface area contributed by atoms with Crippen LogP contribution in [-0.4, -0.2) is 38.2 Å². The van der Waals surface area contributed by atoms with Gasteiger partial charge in [-0.2, -0.15) is 0 Å². The number of allylic oxidation sites excluding steroid dienone is 1. The molecule has 0 amide bonds. The second-order valence-corrected chi connectivity index (χ2v) is 10.3. The van der Waals surface area contributed by atoms with Crippen molar-refractivity contribution in [2.45, 2.75) is 19.9 Å². The third-order valence-electron chi connectivity index (χ3n) is 5.98. The number of hydrogen-bond donors (Lipinski definition) is 0. The molecule has 0 bridgehead atoms. The molecule has 2 aromatic carbocycles. The molecule has 1 aromatic heterocycles. The van der Waals surface area contributed by atoms with Gasteiger partial charge in [0.2, 0.25) is 6.79 Å². The van der Waals surface area contributed by atoms with E-state index in [-0.39, 0.29) is 19.0 Å². The highest BCUT2D eigenvalue weighted by Gasteiger charge is 2.34. The van der Waals surface area contributed by atoms with Crippen molar-refractivity contribution in [3.05, 3.63) is 76.0 Å². The van der Waals surface area contributed by atoms with Gasteiger partial charge in [0, 0.05) is 0 Å². The van der Waals surface area contributed by atoms with Crippen molar-refractivity contribution < 1.29 is 28.5 Å². The van der Waals surface area contributed by atoms with E-state index in [1.165, 1.54) is 11.3 Å². The van der Waals surface area contributed by atoms with E-state index in [1.54, 1.807) is 50.8 Å². The number of fused-ring (bicyclic) bond motifs is 2. The Morgan fingerprint density at radius 3 is 2.73 bits per heavy atom. The lowest BCUT2D eigenvalue weighted by atomic mass is 9.95. The molecule has 5 rings (SSSR count). The van der Waals surface area contributed by atoms with Gasteiger partial charge in [0.05, 0.1) is 46.2 Å². The van der Waals surface area contributed by atoms with Crippen LogP contribution < -0.4 is 33.8 Å². The van der Waals surface area contributed by atoms with E-state index in [4.69, 9.17) is 23.7 Å². The molecular formula is C26H23IN2O7S. The lowest BCUT2D eigenvalue weighted by molar-refractivity contribution is -0.139. The predicted octanol–water partition coefficient (Wildman–Crippen LogP) is 3.15. The van der Waals surface area contributed by atoms with Crippen molar-refractivity contribution in [3.63, 3.8) is 0 Å². The maximum Gasteiger partial charge on any atom is 0.338 e. The van der Waals surface area contributed by atoms with Crippen LogP contribution in [0.4, 0.5) is 0 Å². The van der Waals surface area contributed by atoms with Gasteiger partial charge < -0.3 is 23.7 Å². The summed E-state index contributed by atoms with van der Waals surface area (Å²) in [6.07, 6.45) is 1.79. The van der Waals surface area contributed by atoms with Crippen LogP contribution in [0.1, 0.15) is 31.0 Å². The molecule has 3 heterocycles. The van der Waals surface area contributed by atoms with Gasteiger partial charge in [-0.05, 0) is 77.9 Å². The minimum absolute atomic E-state index is 0.116. The third kappa shape index (κ3) is 4.50. The summed E-state index contributed by atoms with van der Waals surface area (Å²) in [4.78, 5) is 32.0. The maximum absolute atomic E-state index is 13.8. The normalized spacial score (nSPS) is 16.4. The van der Waals surface area contributed by atoms with E-state index in [0.29, 0.717) is 49.2 Å². The molecule has 2 aliphatic heterocycles. The molecule has 2 aliphatic rings. The number of nitrogens with zero attached hydrogens (tertiary/aromatic N) is 2. The number of ether oxygens (including phenoxy) is 5. The van der Waals surface area contributed by atoms with E-state index < -0.39 is 12.0 Å². The van der Waals surface area contributed by atoms with Gasteiger partial charge in [0.15, 0.2) is 27.8 Å². The minimum Gasteiger partial charge on any atom is -0.493 e. The molecule has 9 nitrogen and oxygen atoms in total. The topological polar surface area (TPSA) is 97.6 Å². The molecule has 1 atom stereocenters. The van der Waals surface area contributed by atoms with E-state index >= 15 is 0 Å². The Kier molecular flexibility index (Phi) is 6.99. The van der Waals surface area contributed by atoms with Crippen molar-refractivity contribution in [2.24, 2.45) is 4.99 Å². The first kappa shape index (κ1) is 25.3. The number of carbonyl (C=O) groups is 1. The van der Waals surface area contributed by atoms with Crippen molar-refractivity contribution in [1.29, 1.82) is 0 Å². The summed E-state index contributed by atoms with van der Waals surface area (Å²) in [5, 5.41) is 0. The lowest BCUT2D eigenvalue weighted by Crippen LogP contribution is -2.39. The van der Waals surface area contributed by atoms with Crippen LogP contribution in [-0.2, 0) is 9.53 Å². The Hall–Kier alpha value is -3.32. The molecule has 37 heavy (non-hydrogen) atoms. The summed E-state index contributed by atoms with van der Waals surface area (Å²) >= 11 is 3.42. The zero-order valence-electron chi connectivity index (χ0n) is 20.5. The van der Waals surface area contributed by atoms with Gasteiger partial charge in [0.25, 0.3) is 5.56 Å². The molecule has 0 saturated heterocycles. The highest BCUT2D eigenvalue weighted by atomic mass is 127. The van der Waals surface area contributed by atoms with Crippen LogP contribution in [0.15, 0.2) is 51.4 Å². The molecular weight excluding hydrogens is 611 g/mol. The van der Waals surface area contributed by atoms with E-state index in [0.717, 1.165) is 9.13 Å². The number of carbonyl (C=O) groups excluding carboxylic acids is 1. The first-order chi connectivity index (χ1) is 17.9. The highest BCUT2D eigenvalue weighted by molar-refractivity contribution is 14.1. The largest absolute Gasteiger partial charge is 0.493 e. The molecule has 192 valence electrons. The molecule has 0 saturated carbocycles. The Balaban J connectivity index is 1.71. The van der Waals surface area contributed by atoms with Gasteiger partial charge in [-0.3, -0.25) is 9.36 Å². The quantitative estimate of drug-likeness (QED) is 0.304. The van der Waals surface area contributed by atoms with Crippen molar-refractivity contribution >= 4 is 46.0 Å². The van der Waals surface area contributed by atoms with E-state index in [9.17, 15) is 9.59 Å². The fourth-order valence-corrected chi connectivity index (χ4v) is 6.25. The van der Waals surface area contributed by atoms with Crippen LogP contribution in [0, 0.1) is 3.57 Å². The molecule has 0 fully saturated rings. The minimum atomic E-state index is -0.738. The first-order valence-corrected chi connectivity index (χ1v) is 13.3. The Labute approximate surface area is 229 Å². The Morgan fingerprint density at radius 2 is 2.00 bits per heavy atom. The molecule has 0 N–H and O–H groups in total. The molecule has 3 aromatic rings. The zero-order valence-corrected chi connectivity index (χ0v) is 23.5. The van der Waals surface area contributed by atoms with Crippen LogP contribution in [0.2, 0.25) is 0 Å². The fourth-order valence-electron chi connectivity index (χ4n) is 4.36. The number of thiazole rings is 1. The number of benzene rings is 2.